The number of alkyl halides is 2. The molecular weight excluding hydrogens is 384 g/mol. The lowest BCUT2D eigenvalue weighted by Crippen LogP contribution is -2.25. The van der Waals surface area contributed by atoms with Gasteiger partial charge in [0.1, 0.15) is 0 Å². The van der Waals surface area contributed by atoms with E-state index in [1.54, 1.807) is 36.4 Å². The molecule has 0 saturated carbocycles. The molecule has 128 valence electrons. The Labute approximate surface area is 146 Å². The first-order valence-electron chi connectivity index (χ1n) is 7.15. The molecule has 2 aromatic carbocycles. The number of hydrogen-bond acceptors (Lipinski definition) is 3. The number of benzene rings is 2. The molecule has 0 spiro atoms. The summed E-state index contributed by atoms with van der Waals surface area (Å²) in [7, 11) is 1.38. The van der Waals surface area contributed by atoms with Crippen LogP contribution in [0.4, 0.5) is 8.78 Å². The van der Waals surface area contributed by atoms with Crippen molar-refractivity contribution in [3.8, 4) is 11.5 Å². The van der Waals surface area contributed by atoms with Gasteiger partial charge in [-0.3, -0.25) is 4.79 Å². The molecule has 0 aliphatic carbocycles. The van der Waals surface area contributed by atoms with Crippen LogP contribution < -0.4 is 14.8 Å². The zero-order valence-corrected chi connectivity index (χ0v) is 14.5. The summed E-state index contributed by atoms with van der Waals surface area (Å²) in [5.41, 5.74) is 1.30. The van der Waals surface area contributed by atoms with Crippen LogP contribution in [0.25, 0.3) is 0 Å². The summed E-state index contributed by atoms with van der Waals surface area (Å²) in [6, 6.07) is 11.8. The fourth-order valence-electron chi connectivity index (χ4n) is 2.09. The molecule has 4 nitrogen and oxygen atoms in total. The minimum atomic E-state index is -2.92. The van der Waals surface area contributed by atoms with Crippen LogP contribution in [0, 0.1) is 0 Å². The number of carbonyl (C=O) groups excluding carboxylic acids is 1. The van der Waals surface area contributed by atoms with Gasteiger partial charge < -0.3 is 14.8 Å². The normalized spacial score (nSPS) is 10.5. The summed E-state index contributed by atoms with van der Waals surface area (Å²) in [5.74, 6) is 0.0160. The molecule has 0 bridgehead atoms. The van der Waals surface area contributed by atoms with E-state index in [9.17, 15) is 13.6 Å². The SMILES string of the molecule is COc1ccc(CCNC(=O)c2ccc(Br)cc2)cc1OC(F)F. The van der Waals surface area contributed by atoms with E-state index in [0.717, 1.165) is 10.0 Å². The van der Waals surface area contributed by atoms with Crippen molar-refractivity contribution >= 4 is 21.8 Å². The quantitative estimate of drug-likeness (QED) is 0.764. The maximum atomic E-state index is 12.4. The highest BCUT2D eigenvalue weighted by Crippen LogP contribution is 2.29. The van der Waals surface area contributed by atoms with E-state index >= 15 is 0 Å². The molecule has 1 amide bonds. The summed E-state index contributed by atoms with van der Waals surface area (Å²) in [5, 5.41) is 2.78. The predicted octanol–water partition coefficient (Wildman–Crippen LogP) is 4.03. The van der Waals surface area contributed by atoms with E-state index < -0.39 is 6.61 Å². The van der Waals surface area contributed by atoms with Gasteiger partial charge in [-0.1, -0.05) is 22.0 Å². The van der Waals surface area contributed by atoms with Crippen molar-refractivity contribution < 1.29 is 23.0 Å². The van der Waals surface area contributed by atoms with E-state index in [4.69, 9.17) is 4.74 Å². The minimum Gasteiger partial charge on any atom is -0.493 e. The summed E-state index contributed by atoms with van der Waals surface area (Å²) in [6.45, 7) is -2.55. The van der Waals surface area contributed by atoms with Gasteiger partial charge in [-0.05, 0) is 48.4 Å². The molecule has 0 aliphatic rings. The molecule has 0 fully saturated rings. The largest absolute Gasteiger partial charge is 0.493 e. The van der Waals surface area contributed by atoms with Crippen LogP contribution in [-0.2, 0) is 6.42 Å². The Morgan fingerprint density at radius 1 is 1.17 bits per heavy atom. The zero-order chi connectivity index (χ0) is 17.5. The molecular formula is C17H16BrF2NO3. The molecule has 2 rings (SSSR count). The average Bonchev–Trinajstić information content (AvgIpc) is 2.55. The van der Waals surface area contributed by atoms with Crippen molar-refractivity contribution in [1.29, 1.82) is 0 Å². The molecule has 0 aromatic heterocycles. The Morgan fingerprint density at radius 3 is 2.50 bits per heavy atom. The first-order valence-corrected chi connectivity index (χ1v) is 7.94. The minimum absolute atomic E-state index is 0.0239. The van der Waals surface area contributed by atoms with Crippen LogP contribution in [-0.4, -0.2) is 26.2 Å². The van der Waals surface area contributed by atoms with Crippen molar-refractivity contribution in [1.82, 2.24) is 5.32 Å². The van der Waals surface area contributed by atoms with Gasteiger partial charge in [0.25, 0.3) is 5.91 Å². The van der Waals surface area contributed by atoms with Gasteiger partial charge >= 0.3 is 6.61 Å². The highest BCUT2D eigenvalue weighted by Gasteiger charge is 2.11. The third kappa shape index (κ3) is 5.19. The van der Waals surface area contributed by atoms with E-state index in [-0.39, 0.29) is 17.4 Å². The van der Waals surface area contributed by atoms with E-state index in [1.807, 2.05) is 0 Å². The fraction of sp³-hybridized carbons (Fsp3) is 0.235. The number of ether oxygens (including phenoxy) is 2. The lowest BCUT2D eigenvalue weighted by Gasteiger charge is -2.12. The van der Waals surface area contributed by atoms with Crippen LogP contribution in [0.2, 0.25) is 0 Å². The smallest absolute Gasteiger partial charge is 0.387 e. The number of nitrogens with one attached hydrogen (secondary N) is 1. The number of halogens is 3. The van der Waals surface area contributed by atoms with Crippen molar-refractivity contribution in [2.24, 2.45) is 0 Å². The summed E-state index contributed by atoms with van der Waals surface area (Å²) in [4.78, 5) is 12.0. The molecule has 24 heavy (non-hydrogen) atoms. The standard InChI is InChI=1S/C17H16BrF2NO3/c1-23-14-7-2-11(10-15(14)24-17(19)20)8-9-21-16(22)12-3-5-13(18)6-4-12/h2-7,10,17H,8-9H2,1H3,(H,21,22). The number of amides is 1. The molecule has 0 radical (unpaired) electrons. The monoisotopic (exact) mass is 399 g/mol. The first kappa shape index (κ1) is 18.2. The van der Waals surface area contributed by atoms with Crippen LogP contribution >= 0.6 is 15.9 Å². The lowest BCUT2D eigenvalue weighted by atomic mass is 10.1. The van der Waals surface area contributed by atoms with Crippen molar-refractivity contribution in [2.45, 2.75) is 13.0 Å². The molecule has 1 N–H and O–H groups in total. The second-order valence-corrected chi connectivity index (χ2v) is 5.79. The van der Waals surface area contributed by atoms with Crippen molar-refractivity contribution in [2.75, 3.05) is 13.7 Å². The maximum absolute atomic E-state index is 12.4. The van der Waals surface area contributed by atoms with E-state index in [0.29, 0.717) is 18.5 Å². The van der Waals surface area contributed by atoms with Gasteiger partial charge in [0.2, 0.25) is 0 Å². The van der Waals surface area contributed by atoms with Crippen molar-refractivity contribution in [3.63, 3.8) is 0 Å². The fourth-order valence-corrected chi connectivity index (χ4v) is 2.35. The lowest BCUT2D eigenvalue weighted by molar-refractivity contribution is -0.0512. The molecule has 0 heterocycles. The second kappa shape index (κ2) is 8.63. The van der Waals surface area contributed by atoms with Gasteiger partial charge in [0, 0.05) is 16.6 Å². The Hall–Kier alpha value is -2.15. The molecule has 0 saturated heterocycles. The average molecular weight is 400 g/mol. The van der Waals surface area contributed by atoms with Crippen LogP contribution in [0.15, 0.2) is 46.9 Å². The second-order valence-electron chi connectivity index (χ2n) is 4.88. The van der Waals surface area contributed by atoms with Crippen LogP contribution in [0.1, 0.15) is 15.9 Å². The van der Waals surface area contributed by atoms with Gasteiger partial charge in [0.15, 0.2) is 11.5 Å². The summed E-state index contributed by atoms with van der Waals surface area (Å²) < 4.78 is 35.1. The number of methoxy groups -OCH3 is 1. The molecule has 0 unspecified atom stereocenters. The molecule has 7 heteroatoms. The molecule has 2 aromatic rings. The Bertz CT molecular complexity index is 693. The van der Waals surface area contributed by atoms with E-state index in [1.165, 1.54) is 13.2 Å². The maximum Gasteiger partial charge on any atom is 0.387 e. The third-order valence-corrected chi connectivity index (χ3v) is 3.78. The van der Waals surface area contributed by atoms with Gasteiger partial charge in [0.05, 0.1) is 7.11 Å². The predicted molar refractivity (Wildman–Crippen MR) is 89.8 cm³/mol. The summed E-state index contributed by atoms with van der Waals surface area (Å²) in [6.07, 6.45) is 0.478. The Balaban J connectivity index is 1.94. The van der Waals surface area contributed by atoms with E-state index in [2.05, 4.69) is 26.0 Å². The Kier molecular flexibility index (Phi) is 6.54. The first-order chi connectivity index (χ1) is 11.5. The number of rotatable bonds is 7. The van der Waals surface area contributed by atoms with Gasteiger partial charge in [-0.2, -0.15) is 8.78 Å². The molecule has 0 atom stereocenters. The Morgan fingerprint density at radius 2 is 1.88 bits per heavy atom. The summed E-state index contributed by atoms with van der Waals surface area (Å²) >= 11 is 3.31. The van der Waals surface area contributed by atoms with Gasteiger partial charge in [-0.15, -0.1) is 0 Å². The zero-order valence-electron chi connectivity index (χ0n) is 12.9. The highest BCUT2D eigenvalue weighted by atomic mass is 79.9. The van der Waals surface area contributed by atoms with Crippen LogP contribution in [0.5, 0.6) is 11.5 Å². The number of hydrogen-bond donors (Lipinski definition) is 1. The van der Waals surface area contributed by atoms with Crippen molar-refractivity contribution in [3.05, 3.63) is 58.1 Å². The molecule has 0 aliphatic heterocycles. The third-order valence-electron chi connectivity index (χ3n) is 3.25. The van der Waals surface area contributed by atoms with Crippen LogP contribution in [0.3, 0.4) is 0 Å². The highest BCUT2D eigenvalue weighted by molar-refractivity contribution is 9.10. The topological polar surface area (TPSA) is 47.6 Å². The number of carbonyl (C=O) groups is 1. The van der Waals surface area contributed by atoms with Gasteiger partial charge in [-0.25, -0.2) is 0 Å².